The maximum atomic E-state index is 9.60. The van der Waals surface area contributed by atoms with Crippen molar-refractivity contribution in [2.75, 3.05) is 26.2 Å². The van der Waals surface area contributed by atoms with Crippen molar-refractivity contribution >= 4 is 6.47 Å². The minimum absolute atomic E-state index is 0.243. The highest BCUT2D eigenvalue weighted by atomic mass is 16.5. The average molecular weight is 218 g/mol. The van der Waals surface area contributed by atoms with E-state index >= 15 is 0 Å². The van der Waals surface area contributed by atoms with E-state index in [-0.39, 0.29) is 18.2 Å². The quantitative estimate of drug-likeness (QED) is 0.545. The largest absolute Gasteiger partial charge is 0.462 e. The Bertz CT molecular complexity index is 163. The van der Waals surface area contributed by atoms with Gasteiger partial charge in [-0.1, -0.05) is 0 Å². The van der Waals surface area contributed by atoms with Crippen LogP contribution in [0.5, 0.6) is 0 Å². The molecule has 1 atom stereocenters. The van der Waals surface area contributed by atoms with Crippen LogP contribution >= 0.6 is 0 Å². The van der Waals surface area contributed by atoms with Gasteiger partial charge in [-0.2, -0.15) is 0 Å². The Labute approximate surface area is 91.2 Å². The van der Waals surface area contributed by atoms with Crippen LogP contribution in [0.3, 0.4) is 0 Å². The summed E-state index contributed by atoms with van der Waals surface area (Å²) in [5, 5.41) is 14.9. The van der Waals surface area contributed by atoms with Crippen molar-refractivity contribution < 1.29 is 14.6 Å². The normalized spacial score (nSPS) is 21.2. The first-order valence-electron chi connectivity index (χ1n) is 5.16. The van der Waals surface area contributed by atoms with Crippen molar-refractivity contribution in [3.63, 3.8) is 0 Å². The van der Waals surface area contributed by atoms with Gasteiger partial charge in [0.25, 0.3) is 6.47 Å². The number of nitrogens with one attached hydrogen (secondary N) is 2. The number of carbonyl (C=O) groups excluding carboxylic acids is 1. The van der Waals surface area contributed by atoms with Crippen molar-refractivity contribution in [3.8, 4) is 0 Å². The van der Waals surface area contributed by atoms with E-state index in [1.54, 1.807) is 0 Å². The van der Waals surface area contributed by atoms with Crippen LogP contribution in [0.15, 0.2) is 0 Å². The molecule has 0 radical (unpaired) electrons. The fourth-order valence-electron chi connectivity index (χ4n) is 0.987. The molecule has 0 amide bonds. The third-order valence-corrected chi connectivity index (χ3v) is 1.75. The molecule has 0 aromatic rings. The van der Waals surface area contributed by atoms with Gasteiger partial charge in [0.15, 0.2) is 0 Å². The number of carbonyl (C=O) groups is 1. The molecule has 0 aliphatic carbocycles. The van der Waals surface area contributed by atoms with Gasteiger partial charge < -0.3 is 20.5 Å². The molecule has 15 heavy (non-hydrogen) atoms. The molecule has 5 heteroatoms. The summed E-state index contributed by atoms with van der Waals surface area (Å²) >= 11 is 0. The van der Waals surface area contributed by atoms with E-state index in [4.69, 9.17) is 5.11 Å². The molecule has 1 heterocycles. The van der Waals surface area contributed by atoms with Crippen molar-refractivity contribution in [3.05, 3.63) is 0 Å². The molecule has 5 nitrogen and oxygen atoms in total. The molecular weight excluding hydrogens is 196 g/mol. The Morgan fingerprint density at radius 1 is 1.47 bits per heavy atom. The molecule has 0 bridgehead atoms. The third kappa shape index (κ3) is 9.65. The maximum absolute atomic E-state index is 9.60. The van der Waals surface area contributed by atoms with Crippen LogP contribution in [-0.2, 0) is 9.53 Å². The van der Waals surface area contributed by atoms with Crippen molar-refractivity contribution in [2.45, 2.75) is 32.4 Å². The molecule has 0 unspecified atom stereocenters. The number of piperazine rings is 1. The lowest BCUT2D eigenvalue weighted by molar-refractivity contribution is -0.138. The van der Waals surface area contributed by atoms with E-state index in [0.29, 0.717) is 6.47 Å². The first kappa shape index (κ1) is 14.3. The summed E-state index contributed by atoms with van der Waals surface area (Å²) < 4.78 is 4.55. The molecule has 0 spiro atoms. The number of aliphatic hydroxyl groups excluding tert-OH is 1. The number of hydrogen-bond acceptors (Lipinski definition) is 5. The highest BCUT2D eigenvalue weighted by Gasteiger charge is 2.08. The summed E-state index contributed by atoms with van der Waals surface area (Å²) in [4.78, 5) is 9.60. The number of ether oxygens (including phenoxy) is 1. The Morgan fingerprint density at radius 3 is 2.33 bits per heavy atom. The molecule has 90 valence electrons. The predicted octanol–water partition coefficient (Wildman–Crippen LogP) is -0.502. The maximum Gasteiger partial charge on any atom is 0.293 e. The van der Waals surface area contributed by atoms with Crippen molar-refractivity contribution in [1.29, 1.82) is 0 Å². The van der Waals surface area contributed by atoms with Gasteiger partial charge in [-0.25, -0.2) is 0 Å². The molecule has 1 saturated heterocycles. The lowest BCUT2D eigenvalue weighted by Crippen LogP contribution is -2.49. The van der Waals surface area contributed by atoms with Crippen LogP contribution < -0.4 is 10.6 Å². The monoisotopic (exact) mass is 218 g/mol. The lowest BCUT2D eigenvalue weighted by atomic mass is 10.2. The highest BCUT2D eigenvalue weighted by molar-refractivity contribution is 5.37. The molecule has 0 aromatic heterocycles. The third-order valence-electron chi connectivity index (χ3n) is 1.75. The molecule has 1 rings (SSSR count). The van der Waals surface area contributed by atoms with E-state index < -0.39 is 0 Å². The van der Waals surface area contributed by atoms with E-state index in [1.165, 1.54) is 0 Å². The van der Waals surface area contributed by atoms with Crippen LogP contribution in [0.2, 0.25) is 0 Å². The van der Waals surface area contributed by atoms with E-state index in [1.807, 2.05) is 20.8 Å². The zero-order valence-electron chi connectivity index (χ0n) is 9.75. The van der Waals surface area contributed by atoms with Crippen LogP contribution in [0.25, 0.3) is 0 Å². The average Bonchev–Trinajstić information content (AvgIpc) is 2.18. The van der Waals surface area contributed by atoms with Gasteiger partial charge >= 0.3 is 0 Å². The predicted molar refractivity (Wildman–Crippen MR) is 58.6 cm³/mol. The Kier molecular flexibility index (Phi) is 7.29. The van der Waals surface area contributed by atoms with Gasteiger partial charge in [0.1, 0.15) is 5.60 Å². The summed E-state index contributed by atoms with van der Waals surface area (Å²) in [5.41, 5.74) is -0.318. The summed E-state index contributed by atoms with van der Waals surface area (Å²) in [6.07, 6.45) is 0. The van der Waals surface area contributed by atoms with Gasteiger partial charge in [-0.3, -0.25) is 4.79 Å². The van der Waals surface area contributed by atoms with Crippen molar-refractivity contribution in [2.24, 2.45) is 0 Å². The second-order valence-corrected chi connectivity index (χ2v) is 4.36. The number of aliphatic hydroxyl groups is 1. The highest BCUT2D eigenvalue weighted by Crippen LogP contribution is 2.02. The fraction of sp³-hybridized carbons (Fsp3) is 0.900. The molecule has 1 aliphatic rings. The summed E-state index contributed by atoms with van der Waals surface area (Å²) in [7, 11) is 0. The molecule has 3 N–H and O–H groups in total. The smallest absolute Gasteiger partial charge is 0.293 e. The molecule has 0 saturated carbocycles. The second kappa shape index (κ2) is 7.62. The molecule has 1 fully saturated rings. The Balaban J connectivity index is 0.000000265. The lowest BCUT2D eigenvalue weighted by Gasteiger charge is -2.21. The minimum Gasteiger partial charge on any atom is -0.462 e. The van der Waals surface area contributed by atoms with Crippen LogP contribution in [0.4, 0.5) is 0 Å². The van der Waals surface area contributed by atoms with E-state index in [9.17, 15) is 4.79 Å². The van der Waals surface area contributed by atoms with Gasteiger partial charge in [-0.15, -0.1) is 0 Å². The second-order valence-electron chi connectivity index (χ2n) is 4.36. The molecule has 0 aromatic carbocycles. The molecular formula is C10H22N2O3. The summed E-state index contributed by atoms with van der Waals surface area (Å²) in [6.45, 7) is 9.06. The van der Waals surface area contributed by atoms with Gasteiger partial charge in [-0.05, 0) is 20.8 Å². The van der Waals surface area contributed by atoms with Gasteiger partial charge in [0.05, 0.1) is 6.61 Å². The summed E-state index contributed by atoms with van der Waals surface area (Å²) in [5.74, 6) is 0. The standard InChI is InChI=1S/C5H12N2O.C5H10O2/c8-4-5-3-6-1-2-7-5;1-5(2,3)7-4-6/h5-8H,1-4H2;4H,1-3H3/t5-;/m0./s1. The zero-order chi connectivity index (χ0) is 11.7. The first-order valence-corrected chi connectivity index (χ1v) is 5.16. The van der Waals surface area contributed by atoms with Crippen LogP contribution in [0.1, 0.15) is 20.8 Å². The molecule has 1 aliphatic heterocycles. The Morgan fingerprint density at radius 2 is 2.13 bits per heavy atom. The van der Waals surface area contributed by atoms with E-state index in [0.717, 1.165) is 19.6 Å². The van der Waals surface area contributed by atoms with Gasteiger partial charge in [0.2, 0.25) is 0 Å². The van der Waals surface area contributed by atoms with Crippen LogP contribution in [0, 0.1) is 0 Å². The SMILES string of the molecule is CC(C)(C)OC=O.OC[C@@H]1CNCCN1. The van der Waals surface area contributed by atoms with E-state index in [2.05, 4.69) is 15.4 Å². The minimum atomic E-state index is -0.318. The zero-order valence-corrected chi connectivity index (χ0v) is 9.75. The first-order chi connectivity index (χ1) is 6.99. The summed E-state index contributed by atoms with van der Waals surface area (Å²) in [6, 6.07) is 0.281. The Hall–Kier alpha value is -0.650. The fourth-order valence-corrected chi connectivity index (χ4v) is 0.987. The van der Waals surface area contributed by atoms with Gasteiger partial charge in [0, 0.05) is 25.7 Å². The number of rotatable bonds is 2. The topological polar surface area (TPSA) is 70.6 Å². The number of hydrogen-bond donors (Lipinski definition) is 3. The van der Waals surface area contributed by atoms with Crippen molar-refractivity contribution in [1.82, 2.24) is 10.6 Å². The van der Waals surface area contributed by atoms with Crippen LogP contribution in [-0.4, -0.2) is 49.5 Å².